The van der Waals surface area contributed by atoms with E-state index in [0.717, 1.165) is 84.3 Å². The van der Waals surface area contributed by atoms with Crippen LogP contribution in [0.4, 0.5) is 10.6 Å². The molecule has 9 nitrogen and oxygen atoms in total. The van der Waals surface area contributed by atoms with Gasteiger partial charge in [-0.1, -0.05) is 25.0 Å². The summed E-state index contributed by atoms with van der Waals surface area (Å²) in [4.78, 5) is 20.5. The summed E-state index contributed by atoms with van der Waals surface area (Å²) in [5, 5.41) is 7.96. The Bertz CT molecular complexity index is 1500. The Labute approximate surface area is 265 Å². The van der Waals surface area contributed by atoms with Gasteiger partial charge >= 0.3 is 17.8 Å². The molecule has 2 fully saturated rings. The summed E-state index contributed by atoms with van der Waals surface area (Å²) in [5.74, 6) is 2.73. The van der Waals surface area contributed by atoms with E-state index >= 15 is 0 Å². The quantitative estimate of drug-likeness (QED) is 0.278. The number of carbonyl (C=O) groups is 1. The van der Waals surface area contributed by atoms with Gasteiger partial charge in [0.1, 0.15) is 17.2 Å². The van der Waals surface area contributed by atoms with E-state index in [1.54, 1.807) is 7.11 Å². The zero-order valence-electron chi connectivity index (χ0n) is 25.4. The van der Waals surface area contributed by atoms with Crippen LogP contribution in [0.15, 0.2) is 34.9 Å². The highest BCUT2D eigenvalue weighted by atomic mass is 79.9. The second-order valence-corrected chi connectivity index (χ2v) is 14.7. The van der Waals surface area contributed by atoms with Crippen molar-refractivity contribution in [3.8, 4) is 5.75 Å². The highest BCUT2D eigenvalue weighted by Gasteiger charge is 2.53. The van der Waals surface area contributed by atoms with Crippen LogP contribution in [0.25, 0.3) is 5.65 Å². The number of rotatable bonds is 8. The minimum Gasteiger partial charge on any atom is -0.497 e. The van der Waals surface area contributed by atoms with Gasteiger partial charge in [0.2, 0.25) is 5.75 Å². The molecule has 1 aromatic carbocycles. The van der Waals surface area contributed by atoms with Crippen molar-refractivity contribution in [2.24, 2.45) is 5.92 Å². The predicted molar refractivity (Wildman–Crippen MR) is 171 cm³/mol. The van der Waals surface area contributed by atoms with E-state index in [1.807, 2.05) is 43.6 Å². The number of hydrogen-bond acceptors (Lipinski definition) is 7. The van der Waals surface area contributed by atoms with E-state index in [4.69, 9.17) is 19.6 Å². The maximum atomic E-state index is 12.7. The number of nitrogens with zero attached hydrogens (tertiary/aromatic N) is 4. The Morgan fingerprint density at radius 1 is 1.21 bits per heavy atom. The molecule has 0 bridgehead atoms. The smallest absolute Gasteiger partial charge is 0.459 e. The molecule has 1 spiro atoms. The minimum absolute atomic E-state index is 0.0127. The van der Waals surface area contributed by atoms with E-state index in [0.29, 0.717) is 24.0 Å². The van der Waals surface area contributed by atoms with Crippen molar-refractivity contribution in [2.45, 2.75) is 102 Å². The van der Waals surface area contributed by atoms with Gasteiger partial charge in [0, 0.05) is 39.7 Å². The van der Waals surface area contributed by atoms with Crippen LogP contribution < -0.4 is 15.0 Å². The van der Waals surface area contributed by atoms with Gasteiger partial charge in [-0.3, -0.25) is 0 Å². The summed E-state index contributed by atoms with van der Waals surface area (Å²) in [6, 6.07) is 8.40. The lowest BCUT2D eigenvalue weighted by atomic mass is 9.76. The van der Waals surface area contributed by atoms with E-state index in [1.165, 1.54) is 5.56 Å². The SMILES string of the molecule is COc1ccc(CN(c2c3c(nc4c(Br)cnn24)C2(CCCC2)C(C[S+]=O)C3)[C@H]2CC[C@H](NC(=O)OC(C)(C)C)C2)cc1. The fourth-order valence-electron chi connectivity index (χ4n) is 7.62. The molecule has 0 saturated heterocycles. The molecule has 3 aliphatic carbocycles. The number of aromatic nitrogens is 3. The van der Waals surface area contributed by atoms with Gasteiger partial charge in [0.25, 0.3) is 0 Å². The average molecular weight is 672 g/mol. The molecule has 2 heterocycles. The van der Waals surface area contributed by atoms with Crippen LogP contribution in [0.3, 0.4) is 0 Å². The Hall–Kier alpha value is -2.79. The number of halogens is 1. The zero-order valence-corrected chi connectivity index (χ0v) is 27.8. The standard InChI is InChI=1S/C32H40BrN5O4S/c1-31(2,3)42-30(39)35-22-9-10-23(16-22)37(18-20-7-11-24(41-4)12-8-20)29-25-15-21(19-43-40)32(13-5-6-14-32)27(25)36-28-26(33)17-34-38(28)29/h7-8,11-12,17,21-23H,5-6,9-10,13-16,18-19H2,1-4H3/p+1/t21?,22-,23-/m0/s1. The second-order valence-electron chi connectivity index (χ2n) is 13.3. The molecule has 43 heavy (non-hydrogen) atoms. The van der Waals surface area contributed by atoms with Gasteiger partial charge in [-0.2, -0.15) is 9.61 Å². The molecule has 1 unspecified atom stereocenters. The Morgan fingerprint density at radius 3 is 2.63 bits per heavy atom. The van der Waals surface area contributed by atoms with Gasteiger partial charge < -0.3 is 19.7 Å². The molecule has 2 aromatic heterocycles. The molecule has 230 valence electrons. The van der Waals surface area contributed by atoms with Gasteiger partial charge in [-0.15, -0.1) is 0 Å². The van der Waals surface area contributed by atoms with Crippen molar-refractivity contribution >= 4 is 45.2 Å². The Kier molecular flexibility index (Phi) is 8.41. The third-order valence-electron chi connectivity index (χ3n) is 9.49. The van der Waals surface area contributed by atoms with Gasteiger partial charge in [-0.05, 0) is 92.9 Å². The first-order valence-corrected chi connectivity index (χ1v) is 17.0. The summed E-state index contributed by atoms with van der Waals surface area (Å²) >= 11 is 4.44. The molecule has 0 aliphatic heterocycles. The fraction of sp³-hybridized carbons (Fsp3) is 0.594. The monoisotopic (exact) mass is 670 g/mol. The van der Waals surface area contributed by atoms with Gasteiger partial charge in [-0.25, -0.2) is 9.78 Å². The van der Waals surface area contributed by atoms with E-state index in [9.17, 15) is 9.00 Å². The Morgan fingerprint density at radius 2 is 1.95 bits per heavy atom. The van der Waals surface area contributed by atoms with Crippen LogP contribution in [-0.4, -0.2) is 51.2 Å². The van der Waals surface area contributed by atoms with Crippen LogP contribution >= 0.6 is 15.9 Å². The molecule has 3 atom stereocenters. The number of nitrogens with one attached hydrogen (secondary N) is 1. The number of fused-ring (bicyclic) bond motifs is 3. The van der Waals surface area contributed by atoms with Gasteiger partial charge in [0.05, 0.1) is 23.5 Å². The molecular weight excluding hydrogens is 630 g/mol. The maximum Gasteiger partial charge on any atom is 0.459 e. The fourth-order valence-corrected chi connectivity index (χ4v) is 8.57. The lowest BCUT2D eigenvalue weighted by molar-refractivity contribution is 0.0505. The molecule has 2 saturated carbocycles. The summed E-state index contributed by atoms with van der Waals surface area (Å²) < 4.78 is 25.8. The highest BCUT2D eigenvalue weighted by molar-refractivity contribution is 9.10. The van der Waals surface area contributed by atoms with Crippen molar-refractivity contribution in [3.63, 3.8) is 0 Å². The summed E-state index contributed by atoms with van der Waals surface area (Å²) in [5.41, 5.74) is 3.75. The molecule has 0 radical (unpaired) electrons. The highest BCUT2D eigenvalue weighted by Crippen LogP contribution is 2.55. The number of methoxy groups -OCH3 is 1. The summed E-state index contributed by atoms with van der Waals surface area (Å²) in [7, 11) is 1.68. The number of amides is 1. The largest absolute Gasteiger partial charge is 0.497 e. The zero-order chi connectivity index (χ0) is 30.4. The van der Waals surface area contributed by atoms with Crippen LogP contribution in [0.1, 0.15) is 82.5 Å². The lowest BCUT2D eigenvalue weighted by Crippen LogP contribution is -2.40. The Balaban J connectivity index is 1.43. The first-order valence-electron chi connectivity index (χ1n) is 15.3. The molecule has 3 aliphatic rings. The van der Waals surface area contributed by atoms with E-state index in [2.05, 4.69) is 38.3 Å². The summed E-state index contributed by atoms with van der Waals surface area (Å²) in [6.45, 7) is 6.32. The van der Waals surface area contributed by atoms with Crippen molar-refractivity contribution in [1.29, 1.82) is 0 Å². The van der Waals surface area contributed by atoms with E-state index in [-0.39, 0.29) is 29.5 Å². The van der Waals surface area contributed by atoms with Crippen LogP contribution in [-0.2, 0) is 39.0 Å². The van der Waals surface area contributed by atoms with Crippen LogP contribution in [0.5, 0.6) is 5.75 Å². The third kappa shape index (κ3) is 5.87. The molecule has 11 heteroatoms. The maximum absolute atomic E-state index is 12.7. The van der Waals surface area contributed by atoms with Crippen molar-refractivity contribution in [3.05, 3.63) is 51.8 Å². The molecule has 1 N–H and O–H groups in total. The van der Waals surface area contributed by atoms with Crippen LogP contribution in [0, 0.1) is 5.92 Å². The minimum atomic E-state index is -0.547. The number of hydrogen-bond donors (Lipinski definition) is 1. The molecule has 6 rings (SSSR count). The number of carbonyl (C=O) groups excluding carboxylic acids is 1. The first-order chi connectivity index (χ1) is 20.6. The molecule has 1 amide bonds. The molecule has 3 aromatic rings. The topological polar surface area (TPSA) is 98.1 Å². The molecular formula is C32H41BrN5O4S+. The number of ether oxygens (including phenoxy) is 2. The van der Waals surface area contributed by atoms with Crippen molar-refractivity contribution in [1.82, 2.24) is 19.9 Å². The second kappa shape index (κ2) is 12.0. The van der Waals surface area contributed by atoms with Crippen molar-refractivity contribution < 1.29 is 18.5 Å². The number of benzene rings is 1. The normalized spacial score (nSPS) is 22.6. The lowest BCUT2D eigenvalue weighted by Gasteiger charge is -2.34. The summed E-state index contributed by atoms with van der Waals surface area (Å²) in [6.07, 6.45) is 9.34. The first kappa shape index (κ1) is 30.2. The average Bonchev–Trinajstić information content (AvgIpc) is 3.76. The predicted octanol–water partition coefficient (Wildman–Crippen LogP) is 6.37. The van der Waals surface area contributed by atoms with Crippen LogP contribution in [0.2, 0.25) is 0 Å². The number of alkyl carbamates (subject to hydrolysis) is 1. The third-order valence-corrected chi connectivity index (χ3v) is 10.6. The number of anilines is 1. The van der Waals surface area contributed by atoms with E-state index < -0.39 is 5.60 Å². The van der Waals surface area contributed by atoms with Gasteiger partial charge in [0.15, 0.2) is 5.65 Å². The van der Waals surface area contributed by atoms with Crippen molar-refractivity contribution in [2.75, 3.05) is 17.8 Å².